The summed E-state index contributed by atoms with van der Waals surface area (Å²) in [5.74, 6) is 0.305. The van der Waals surface area contributed by atoms with Gasteiger partial charge in [-0.2, -0.15) is 0 Å². The Bertz CT molecular complexity index is 1740. The first-order valence-electron chi connectivity index (χ1n) is 12.4. The van der Waals surface area contributed by atoms with Gasteiger partial charge in [0.1, 0.15) is 16.7 Å². The van der Waals surface area contributed by atoms with Gasteiger partial charge in [-0.15, -0.1) is 0 Å². The van der Waals surface area contributed by atoms with Crippen molar-refractivity contribution in [2.24, 2.45) is 5.41 Å². The van der Waals surface area contributed by atoms with Crippen LogP contribution in [0.25, 0.3) is 44.3 Å². The number of aromatic nitrogens is 1. The molecular weight excluding hydrogens is 436 g/mol. The highest BCUT2D eigenvalue weighted by atomic mass is 16.4. The SMILES string of the molecule is CC1(C)Cc2cc3cc(-c4nc5c(ccc6ccccc65)o4)c(=O)oc3c3c2N(CCC3(C)C)C1. The van der Waals surface area contributed by atoms with Crippen LogP contribution in [0, 0.1) is 5.41 Å². The highest BCUT2D eigenvalue weighted by Gasteiger charge is 2.41. The third-order valence-electron chi connectivity index (χ3n) is 7.88. The van der Waals surface area contributed by atoms with Crippen molar-refractivity contribution >= 4 is 38.5 Å². The number of nitrogens with zero attached hydrogens (tertiary/aromatic N) is 2. The molecule has 0 fully saturated rings. The molecule has 3 aromatic carbocycles. The van der Waals surface area contributed by atoms with E-state index in [1.165, 1.54) is 16.8 Å². The molecule has 0 spiro atoms. The normalized spacial score (nSPS) is 18.3. The maximum absolute atomic E-state index is 13.3. The summed E-state index contributed by atoms with van der Waals surface area (Å²) in [5, 5.41) is 3.03. The first kappa shape index (κ1) is 20.7. The third kappa shape index (κ3) is 3.00. The van der Waals surface area contributed by atoms with E-state index < -0.39 is 5.63 Å². The van der Waals surface area contributed by atoms with E-state index in [0.717, 1.165) is 47.6 Å². The molecule has 7 rings (SSSR count). The molecule has 0 amide bonds. The van der Waals surface area contributed by atoms with Crippen molar-refractivity contribution in [3.05, 3.63) is 70.1 Å². The van der Waals surface area contributed by atoms with Crippen LogP contribution >= 0.6 is 0 Å². The van der Waals surface area contributed by atoms with Crippen LogP contribution in [0.5, 0.6) is 0 Å². The number of hydrogen-bond donors (Lipinski definition) is 0. The molecule has 0 N–H and O–H groups in total. The zero-order valence-corrected chi connectivity index (χ0v) is 20.6. The second kappa shape index (κ2) is 6.75. The van der Waals surface area contributed by atoms with Gasteiger partial charge in [0.15, 0.2) is 5.58 Å². The van der Waals surface area contributed by atoms with Gasteiger partial charge in [0.25, 0.3) is 0 Å². The second-order valence-electron chi connectivity index (χ2n) is 11.7. The monoisotopic (exact) mass is 464 g/mol. The molecule has 0 aliphatic carbocycles. The van der Waals surface area contributed by atoms with Crippen LogP contribution in [-0.4, -0.2) is 18.1 Å². The Morgan fingerprint density at radius 2 is 1.80 bits per heavy atom. The van der Waals surface area contributed by atoms with E-state index in [-0.39, 0.29) is 10.8 Å². The lowest BCUT2D eigenvalue weighted by Crippen LogP contribution is -2.46. The van der Waals surface area contributed by atoms with E-state index in [1.807, 2.05) is 36.4 Å². The van der Waals surface area contributed by atoms with E-state index in [1.54, 1.807) is 0 Å². The summed E-state index contributed by atoms with van der Waals surface area (Å²) in [5.41, 5.74) is 5.98. The predicted molar refractivity (Wildman–Crippen MR) is 140 cm³/mol. The summed E-state index contributed by atoms with van der Waals surface area (Å²) >= 11 is 0. The topological polar surface area (TPSA) is 59.5 Å². The fourth-order valence-electron chi connectivity index (χ4n) is 6.26. The van der Waals surface area contributed by atoms with Gasteiger partial charge in [-0.1, -0.05) is 58.0 Å². The van der Waals surface area contributed by atoms with Gasteiger partial charge in [-0.25, -0.2) is 9.78 Å². The van der Waals surface area contributed by atoms with E-state index in [0.29, 0.717) is 22.6 Å². The number of anilines is 1. The quantitative estimate of drug-likeness (QED) is 0.255. The Hall–Kier alpha value is -3.60. The number of hydrogen-bond acceptors (Lipinski definition) is 5. The minimum absolute atomic E-state index is 0.0738. The Morgan fingerprint density at radius 1 is 0.971 bits per heavy atom. The Labute approximate surface area is 203 Å². The van der Waals surface area contributed by atoms with E-state index in [4.69, 9.17) is 13.8 Å². The van der Waals surface area contributed by atoms with Gasteiger partial charge in [0.2, 0.25) is 5.89 Å². The van der Waals surface area contributed by atoms with Crippen molar-refractivity contribution in [2.45, 2.75) is 46.0 Å². The molecule has 5 aromatic rings. The van der Waals surface area contributed by atoms with Crippen LogP contribution < -0.4 is 10.5 Å². The first-order valence-corrected chi connectivity index (χ1v) is 12.4. The molecule has 4 heterocycles. The van der Waals surface area contributed by atoms with Gasteiger partial charge in [-0.05, 0) is 52.8 Å². The van der Waals surface area contributed by atoms with Crippen LogP contribution in [0.1, 0.15) is 45.2 Å². The van der Waals surface area contributed by atoms with Crippen LogP contribution in [0.4, 0.5) is 5.69 Å². The molecular formula is C30H28N2O3. The molecule has 35 heavy (non-hydrogen) atoms. The highest BCUT2D eigenvalue weighted by Crippen LogP contribution is 2.50. The molecule has 176 valence electrons. The fraction of sp³-hybridized carbons (Fsp3) is 0.333. The van der Waals surface area contributed by atoms with Crippen molar-refractivity contribution < 1.29 is 8.83 Å². The molecule has 5 heteroatoms. The molecule has 0 saturated carbocycles. The Kier molecular flexibility index (Phi) is 4.00. The van der Waals surface area contributed by atoms with Gasteiger partial charge in [0.05, 0.1) is 0 Å². The summed E-state index contributed by atoms with van der Waals surface area (Å²) in [7, 11) is 0. The first-order chi connectivity index (χ1) is 16.7. The molecule has 2 aromatic heterocycles. The highest BCUT2D eigenvalue weighted by molar-refractivity contribution is 6.04. The van der Waals surface area contributed by atoms with Crippen molar-refractivity contribution in [3.63, 3.8) is 0 Å². The lowest BCUT2D eigenvalue weighted by atomic mass is 9.71. The van der Waals surface area contributed by atoms with Crippen LogP contribution in [0.2, 0.25) is 0 Å². The lowest BCUT2D eigenvalue weighted by molar-refractivity contribution is 0.327. The number of benzene rings is 3. The van der Waals surface area contributed by atoms with E-state index in [9.17, 15) is 4.79 Å². The smallest absolute Gasteiger partial charge is 0.349 e. The summed E-state index contributed by atoms with van der Waals surface area (Å²) in [6, 6.07) is 16.1. The molecule has 0 bridgehead atoms. The molecule has 2 aliphatic heterocycles. The second-order valence-corrected chi connectivity index (χ2v) is 11.7. The van der Waals surface area contributed by atoms with E-state index >= 15 is 0 Å². The standard InChI is InChI=1S/C30H28N2O3/c1-29(2)15-19-13-18-14-21(27-31-24-20-8-6-5-7-17(20)9-10-22(24)34-27)28(33)35-26(18)23-25(19)32(16-29)12-11-30(23,3)4/h5-10,13-14H,11-12,15-16H2,1-4H3. The van der Waals surface area contributed by atoms with Crippen LogP contribution in [0.3, 0.4) is 0 Å². The lowest BCUT2D eigenvalue weighted by Gasteiger charge is -2.48. The van der Waals surface area contributed by atoms with Gasteiger partial charge in [-0.3, -0.25) is 0 Å². The number of fused-ring (bicyclic) bond motifs is 5. The number of oxazole rings is 1. The molecule has 0 radical (unpaired) electrons. The maximum atomic E-state index is 13.3. The van der Waals surface area contributed by atoms with Crippen molar-refractivity contribution in [1.29, 1.82) is 0 Å². The third-order valence-corrected chi connectivity index (χ3v) is 7.88. The summed E-state index contributed by atoms with van der Waals surface area (Å²) in [4.78, 5) is 20.6. The predicted octanol–water partition coefficient (Wildman–Crippen LogP) is 6.82. The van der Waals surface area contributed by atoms with Crippen molar-refractivity contribution in [3.8, 4) is 11.5 Å². The molecule has 2 aliphatic rings. The van der Waals surface area contributed by atoms with Gasteiger partial charge >= 0.3 is 5.63 Å². The van der Waals surface area contributed by atoms with Crippen LogP contribution in [-0.2, 0) is 11.8 Å². The zero-order valence-electron chi connectivity index (χ0n) is 20.6. The maximum Gasteiger partial charge on any atom is 0.349 e. The van der Waals surface area contributed by atoms with Gasteiger partial charge < -0.3 is 13.7 Å². The Balaban J connectivity index is 1.49. The molecule has 0 saturated heterocycles. The Morgan fingerprint density at radius 3 is 2.66 bits per heavy atom. The van der Waals surface area contributed by atoms with Crippen molar-refractivity contribution in [1.82, 2.24) is 4.98 Å². The van der Waals surface area contributed by atoms with Gasteiger partial charge in [0, 0.05) is 35.1 Å². The van der Waals surface area contributed by atoms with Crippen LogP contribution in [0.15, 0.2) is 62.2 Å². The van der Waals surface area contributed by atoms with Crippen molar-refractivity contribution in [2.75, 3.05) is 18.0 Å². The summed E-state index contributed by atoms with van der Waals surface area (Å²) in [6.07, 6.45) is 2.03. The largest absolute Gasteiger partial charge is 0.436 e. The fourth-order valence-corrected chi connectivity index (χ4v) is 6.26. The van der Waals surface area contributed by atoms with E-state index in [2.05, 4.69) is 44.7 Å². The minimum atomic E-state index is -0.409. The summed E-state index contributed by atoms with van der Waals surface area (Å²) in [6.45, 7) is 11.2. The summed E-state index contributed by atoms with van der Waals surface area (Å²) < 4.78 is 12.2. The average Bonchev–Trinajstić information content (AvgIpc) is 3.24. The minimum Gasteiger partial charge on any atom is -0.436 e. The average molecular weight is 465 g/mol. The molecule has 0 unspecified atom stereocenters. The number of rotatable bonds is 1. The zero-order chi connectivity index (χ0) is 24.1. The molecule has 0 atom stereocenters. The molecule has 5 nitrogen and oxygen atoms in total.